The predicted octanol–water partition coefficient (Wildman–Crippen LogP) is 3.59. The molecule has 1 rings (SSSR count). The summed E-state index contributed by atoms with van der Waals surface area (Å²) in [5.74, 6) is 0. The van der Waals surface area contributed by atoms with Crippen LogP contribution in [0.15, 0.2) is 24.3 Å². The molecule has 0 bridgehead atoms. The third-order valence-corrected chi connectivity index (χ3v) is 3.44. The number of benzene rings is 1. The second kappa shape index (κ2) is 6.06. The number of anilines is 1. The van der Waals surface area contributed by atoms with Crippen LogP contribution >= 0.6 is 0 Å². The van der Waals surface area contributed by atoms with Gasteiger partial charge >= 0.3 is 0 Å². The topological polar surface area (TPSA) is 15.3 Å². The summed E-state index contributed by atoms with van der Waals surface area (Å²) in [5, 5.41) is 3.43. The molecule has 98 valence electrons. The first-order chi connectivity index (χ1) is 7.95. The molecule has 0 spiro atoms. The average molecular weight is 236 g/mol. The minimum Gasteiger partial charge on any atom is -0.384 e. The molecule has 0 aliphatic carbocycles. The highest BCUT2D eigenvalue weighted by molar-refractivity contribution is 5.45. The van der Waals surface area contributed by atoms with Gasteiger partial charge in [-0.05, 0) is 43.6 Å². The maximum Gasteiger partial charge on any atom is 0.0340 e. The number of rotatable bonds is 6. The monoisotopic (exact) mass is 236 g/mol. The van der Waals surface area contributed by atoms with Gasteiger partial charge in [0, 0.05) is 20.2 Å². The summed E-state index contributed by atoms with van der Waals surface area (Å²) in [6.45, 7) is 8.87. The molecule has 0 radical (unpaired) electrons. The summed E-state index contributed by atoms with van der Waals surface area (Å²) < 4.78 is 0. The zero-order valence-corrected chi connectivity index (χ0v) is 11.9. The lowest BCUT2D eigenvalue weighted by Crippen LogP contribution is -2.21. The molecule has 1 aromatic carbocycles. The highest BCUT2D eigenvalue weighted by atomic mass is 15.1. The molecule has 0 unspecified atom stereocenters. The standard InChI is InChI=1S/C15H26N2.H2/c1-6-15(2,3)13-7-9-14(10-8-13)16-11-12-17(4)5;/h7-10,16H,6,11-12H2,1-5H3;1H. The van der Waals surface area contributed by atoms with Crippen molar-refractivity contribution in [1.29, 1.82) is 0 Å². The molecule has 1 N–H and O–H groups in total. The van der Waals surface area contributed by atoms with E-state index in [1.807, 2.05) is 0 Å². The lowest BCUT2D eigenvalue weighted by atomic mass is 9.82. The minimum absolute atomic E-state index is 0. The van der Waals surface area contributed by atoms with Gasteiger partial charge in [-0.2, -0.15) is 0 Å². The number of likely N-dealkylation sites (N-methyl/N-ethyl adjacent to an activating group) is 1. The van der Waals surface area contributed by atoms with Crippen molar-refractivity contribution in [2.24, 2.45) is 0 Å². The molecule has 0 amide bonds. The smallest absolute Gasteiger partial charge is 0.0340 e. The van der Waals surface area contributed by atoms with Crippen molar-refractivity contribution in [2.45, 2.75) is 32.6 Å². The normalized spacial score (nSPS) is 11.9. The first-order valence-corrected chi connectivity index (χ1v) is 6.45. The van der Waals surface area contributed by atoms with Gasteiger partial charge < -0.3 is 10.2 Å². The zero-order valence-electron chi connectivity index (χ0n) is 11.9. The molecule has 0 atom stereocenters. The van der Waals surface area contributed by atoms with E-state index >= 15 is 0 Å². The molecule has 1 aromatic rings. The second-order valence-electron chi connectivity index (χ2n) is 5.54. The minimum atomic E-state index is 0. The van der Waals surface area contributed by atoms with Crippen LogP contribution in [0.4, 0.5) is 5.69 Å². The fourth-order valence-corrected chi connectivity index (χ4v) is 1.67. The van der Waals surface area contributed by atoms with Crippen LogP contribution in [0.25, 0.3) is 0 Å². The zero-order chi connectivity index (χ0) is 12.9. The van der Waals surface area contributed by atoms with E-state index in [4.69, 9.17) is 0 Å². The van der Waals surface area contributed by atoms with Crippen molar-refractivity contribution in [3.05, 3.63) is 29.8 Å². The molecular weight excluding hydrogens is 208 g/mol. The number of hydrogen-bond donors (Lipinski definition) is 1. The van der Waals surface area contributed by atoms with E-state index in [0.717, 1.165) is 13.1 Å². The van der Waals surface area contributed by atoms with E-state index in [9.17, 15) is 0 Å². The van der Waals surface area contributed by atoms with E-state index in [0.29, 0.717) is 0 Å². The number of hydrogen-bond acceptors (Lipinski definition) is 2. The van der Waals surface area contributed by atoms with Crippen molar-refractivity contribution in [3.8, 4) is 0 Å². The van der Waals surface area contributed by atoms with Crippen LogP contribution in [0.5, 0.6) is 0 Å². The molecule has 0 saturated heterocycles. The van der Waals surface area contributed by atoms with Crippen molar-refractivity contribution in [1.82, 2.24) is 4.90 Å². The van der Waals surface area contributed by atoms with Crippen LogP contribution < -0.4 is 5.32 Å². The summed E-state index contributed by atoms with van der Waals surface area (Å²) in [6.07, 6.45) is 1.17. The van der Waals surface area contributed by atoms with Crippen LogP contribution in [-0.2, 0) is 5.41 Å². The lowest BCUT2D eigenvalue weighted by molar-refractivity contribution is 0.425. The average Bonchev–Trinajstić information content (AvgIpc) is 2.29. The van der Waals surface area contributed by atoms with Crippen LogP contribution in [0.2, 0.25) is 0 Å². The fraction of sp³-hybridized carbons (Fsp3) is 0.600. The Balaban J connectivity index is 0.00000289. The molecule has 0 aromatic heterocycles. The number of nitrogens with zero attached hydrogens (tertiary/aromatic N) is 1. The maximum absolute atomic E-state index is 3.43. The van der Waals surface area contributed by atoms with Gasteiger partial charge in [-0.1, -0.05) is 32.9 Å². The summed E-state index contributed by atoms with van der Waals surface area (Å²) in [4.78, 5) is 2.18. The third kappa shape index (κ3) is 4.39. The van der Waals surface area contributed by atoms with Gasteiger partial charge in [0.05, 0.1) is 0 Å². The van der Waals surface area contributed by atoms with Crippen LogP contribution in [0.1, 0.15) is 34.2 Å². The Morgan fingerprint density at radius 1 is 1.18 bits per heavy atom. The van der Waals surface area contributed by atoms with E-state index in [1.165, 1.54) is 17.7 Å². The fourth-order valence-electron chi connectivity index (χ4n) is 1.67. The van der Waals surface area contributed by atoms with Crippen LogP contribution in [0.3, 0.4) is 0 Å². The van der Waals surface area contributed by atoms with Crippen molar-refractivity contribution < 1.29 is 1.43 Å². The van der Waals surface area contributed by atoms with E-state index in [-0.39, 0.29) is 6.84 Å². The Kier molecular flexibility index (Phi) is 5.01. The quantitative estimate of drug-likeness (QED) is 0.812. The molecular formula is C15H28N2. The SMILES string of the molecule is CCC(C)(C)c1ccc(NCCN(C)C)cc1.[HH]. The van der Waals surface area contributed by atoms with Crippen molar-refractivity contribution in [2.75, 3.05) is 32.5 Å². The van der Waals surface area contributed by atoms with Gasteiger partial charge in [-0.25, -0.2) is 0 Å². The molecule has 0 heterocycles. The van der Waals surface area contributed by atoms with E-state index in [2.05, 4.69) is 69.3 Å². The summed E-state index contributed by atoms with van der Waals surface area (Å²) in [7, 11) is 4.18. The Labute approximate surface area is 108 Å². The number of nitrogens with one attached hydrogen (secondary N) is 1. The summed E-state index contributed by atoms with van der Waals surface area (Å²) in [6, 6.07) is 8.84. The van der Waals surface area contributed by atoms with Gasteiger partial charge in [0.2, 0.25) is 0 Å². The molecule has 2 heteroatoms. The van der Waals surface area contributed by atoms with Gasteiger partial charge in [-0.15, -0.1) is 0 Å². The highest BCUT2D eigenvalue weighted by Gasteiger charge is 2.17. The Morgan fingerprint density at radius 3 is 2.24 bits per heavy atom. The van der Waals surface area contributed by atoms with Gasteiger partial charge in [0.1, 0.15) is 0 Å². The molecule has 0 saturated carbocycles. The van der Waals surface area contributed by atoms with Gasteiger partial charge in [-0.3, -0.25) is 0 Å². The molecule has 0 aliphatic heterocycles. The largest absolute Gasteiger partial charge is 0.384 e. The first kappa shape index (κ1) is 14.0. The van der Waals surface area contributed by atoms with Crippen LogP contribution in [0, 0.1) is 0 Å². The molecule has 17 heavy (non-hydrogen) atoms. The third-order valence-electron chi connectivity index (χ3n) is 3.44. The van der Waals surface area contributed by atoms with Gasteiger partial charge in [0.15, 0.2) is 0 Å². The van der Waals surface area contributed by atoms with E-state index in [1.54, 1.807) is 0 Å². The van der Waals surface area contributed by atoms with Crippen LogP contribution in [-0.4, -0.2) is 32.1 Å². The molecule has 0 aliphatic rings. The van der Waals surface area contributed by atoms with E-state index < -0.39 is 0 Å². The second-order valence-corrected chi connectivity index (χ2v) is 5.54. The van der Waals surface area contributed by atoms with Crippen molar-refractivity contribution >= 4 is 5.69 Å². The maximum atomic E-state index is 3.43. The Hall–Kier alpha value is -1.02. The van der Waals surface area contributed by atoms with Gasteiger partial charge in [0.25, 0.3) is 0 Å². The lowest BCUT2D eigenvalue weighted by Gasteiger charge is -2.23. The first-order valence-electron chi connectivity index (χ1n) is 6.45. The summed E-state index contributed by atoms with van der Waals surface area (Å²) in [5.41, 5.74) is 2.91. The Morgan fingerprint density at radius 2 is 1.76 bits per heavy atom. The highest BCUT2D eigenvalue weighted by Crippen LogP contribution is 2.27. The molecule has 2 nitrogen and oxygen atoms in total. The van der Waals surface area contributed by atoms with Crippen molar-refractivity contribution in [3.63, 3.8) is 0 Å². The Bertz CT molecular complexity index is 331. The molecule has 0 fully saturated rings. The predicted molar refractivity (Wildman–Crippen MR) is 78.9 cm³/mol. The summed E-state index contributed by atoms with van der Waals surface area (Å²) >= 11 is 0.